The fourth-order valence-corrected chi connectivity index (χ4v) is 2.52. The van der Waals surface area contributed by atoms with Crippen LogP contribution in [0.3, 0.4) is 0 Å². The van der Waals surface area contributed by atoms with Gasteiger partial charge in [0.15, 0.2) is 11.5 Å². The van der Waals surface area contributed by atoms with Gasteiger partial charge in [0.2, 0.25) is 0 Å². The molecule has 0 fully saturated rings. The summed E-state index contributed by atoms with van der Waals surface area (Å²) in [4.78, 5) is 16.2. The monoisotopic (exact) mass is 377 g/mol. The van der Waals surface area contributed by atoms with Gasteiger partial charge in [0, 0.05) is 28.5 Å². The number of aromatic nitrogens is 2. The summed E-state index contributed by atoms with van der Waals surface area (Å²) in [6.45, 7) is 0. The number of nitrogens with one attached hydrogen (secondary N) is 1. The number of anilines is 1. The summed E-state index contributed by atoms with van der Waals surface area (Å²) in [5.74, 6) is 0.0725. The van der Waals surface area contributed by atoms with Gasteiger partial charge in [-0.05, 0) is 30.3 Å². The van der Waals surface area contributed by atoms with Crippen LogP contribution in [0, 0.1) is 0 Å². The van der Waals surface area contributed by atoms with Crippen molar-refractivity contribution < 1.29 is 9.32 Å². The first-order valence-electron chi connectivity index (χ1n) is 6.27. The van der Waals surface area contributed by atoms with Crippen molar-refractivity contribution in [3.8, 4) is 11.3 Å². The molecule has 0 saturated heterocycles. The van der Waals surface area contributed by atoms with E-state index < -0.39 is 5.91 Å². The third-order valence-electron chi connectivity index (χ3n) is 2.87. The number of hydrogen-bond donors (Lipinski definition) is 1. The predicted octanol–water partition coefficient (Wildman–Crippen LogP) is 4.40. The highest BCUT2D eigenvalue weighted by molar-refractivity contribution is 9.10. The van der Waals surface area contributed by atoms with Crippen LogP contribution in [0.5, 0.6) is 0 Å². The first-order valence-corrected chi connectivity index (χ1v) is 7.44. The van der Waals surface area contributed by atoms with Gasteiger partial charge >= 0.3 is 0 Å². The van der Waals surface area contributed by atoms with Gasteiger partial charge in [-0.25, -0.2) is 0 Å². The molecule has 5 nitrogen and oxygen atoms in total. The van der Waals surface area contributed by atoms with Gasteiger partial charge in [0.1, 0.15) is 0 Å². The van der Waals surface area contributed by atoms with Gasteiger partial charge in [0.05, 0.1) is 10.7 Å². The number of nitrogens with zero attached hydrogens (tertiary/aromatic N) is 2. The molecule has 0 unspecified atom stereocenters. The van der Waals surface area contributed by atoms with E-state index in [4.69, 9.17) is 16.1 Å². The Labute approximate surface area is 139 Å². The Hall–Kier alpha value is -2.18. The summed E-state index contributed by atoms with van der Waals surface area (Å²) >= 11 is 9.37. The third kappa shape index (κ3) is 3.18. The molecule has 7 heteroatoms. The molecular formula is C15H9BrClN3O2. The molecule has 110 valence electrons. The van der Waals surface area contributed by atoms with Crippen LogP contribution in [0.2, 0.25) is 5.02 Å². The van der Waals surface area contributed by atoms with Crippen molar-refractivity contribution in [2.45, 2.75) is 0 Å². The molecule has 1 aromatic carbocycles. The number of benzene rings is 1. The van der Waals surface area contributed by atoms with E-state index >= 15 is 0 Å². The molecule has 0 atom stereocenters. The number of halogens is 2. The van der Waals surface area contributed by atoms with Crippen LogP contribution in [0.1, 0.15) is 10.5 Å². The van der Waals surface area contributed by atoms with Crippen molar-refractivity contribution in [1.29, 1.82) is 0 Å². The molecule has 0 spiro atoms. The maximum absolute atomic E-state index is 12.2. The van der Waals surface area contributed by atoms with Gasteiger partial charge in [0.25, 0.3) is 5.91 Å². The standard InChI is InChI=1S/C15H9BrClN3O2/c16-10-3-4-12(11(17)6-10)19-15(21)13-7-14(22-20-13)9-2-1-5-18-8-9/h1-8H,(H,19,21). The number of carbonyl (C=O) groups is 1. The summed E-state index contributed by atoms with van der Waals surface area (Å²) in [5.41, 5.74) is 1.41. The van der Waals surface area contributed by atoms with Crippen LogP contribution >= 0.6 is 27.5 Å². The fourth-order valence-electron chi connectivity index (χ4n) is 1.80. The van der Waals surface area contributed by atoms with Gasteiger partial charge in [-0.1, -0.05) is 32.7 Å². The summed E-state index contributed by atoms with van der Waals surface area (Å²) in [6, 6.07) is 10.3. The zero-order chi connectivity index (χ0) is 15.5. The average molecular weight is 379 g/mol. The van der Waals surface area contributed by atoms with E-state index in [2.05, 4.69) is 31.4 Å². The molecular weight excluding hydrogens is 370 g/mol. The molecule has 2 aromatic heterocycles. The van der Waals surface area contributed by atoms with E-state index in [0.29, 0.717) is 16.5 Å². The van der Waals surface area contributed by atoms with E-state index in [1.807, 2.05) is 6.07 Å². The zero-order valence-electron chi connectivity index (χ0n) is 11.1. The predicted molar refractivity (Wildman–Crippen MR) is 86.8 cm³/mol. The average Bonchev–Trinajstić information content (AvgIpc) is 3.01. The summed E-state index contributed by atoms with van der Waals surface area (Å²) < 4.78 is 6.00. The molecule has 0 aliphatic carbocycles. The SMILES string of the molecule is O=C(Nc1ccc(Br)cc1Cl)c1cc(-c2cccnc2)on1. The molecule has 0 bridgehead atoms. The number of rotatable bonds is 3. The van der Waals surface area contributed by atoms with Gasteiger partial charge < -0.3 is 9.84 Å². The van der Waals surface area contributed by atoms with Crippen molar-refractivity contribution in [3.63, 3.8) is 0 Å². The van der Waals surface area contributed by atoms with E-state index in [1.54, 1.807) is 42.7 Å². The first-order chi connectivity index (χ1) is 10.6. The number of pyridine rings is 1. The van der Waals surface area contributed by atoms with Crippen molar-refractivity contribution in [2.75, 3.05) is 5.32 Å². The molecule has 0 radical (unpaired) electrons. The lowest BCUT2D eigenvalue weighted by atomic mass is 10.2. The molecule has 2 heterocycles. The molecule has 0 aliphatic rings. The normalized spacial score (nSPS) is 10.5. The number of carbonyl (C=O) groups excluding carboxylic acids is 1. The van der Waals surface area contributed by atoms with Crippen LogP contribution in [-0.4, -0.2) is 16.0 Å². The van der Waals surface area contributed by atoms with Gasteiger partial charge in [-0.2, -0.15) is 0 Å². The maximum Gasteiger partial charge on any atom is 0.277 e. The Morgan fingerprint density at radius 2 is 2.14 bits per heavy atom. The number of amides is 1. The van der Waals surface area contributed by atoms with Gasteiger partial charge in [-0.3, -0.25) is 9.78 Å². The van der Waals surface area contributed by atoms with E-state index in [9.17, 15) is 4.79 Å². The van der Waals surface area contributed by atoms with Crippen LogP contribution in [-0.2, 0) is 0 Å². The minimum Gasteiger partial charge on any atom is -0.355 e. The van der Waals surface area contributed by atoms with E-state index in [1.165, 1.54) is 0 Å². The summed E-state index contributed by atoms with van der Waals surface area (Å²) in [7, 11) is 0. The Morgan fingerprint density at radius 3 is 2.86 bits per heavy atom. The molecule has 3 rings (SSSR count). The number of hydrogen-bond acceptors (Lipinski definition) is 4. The lowest BCUT2D eigenvalue weighted by Crippen LogP contribution is -2.12. The Morgan fingerprint density at radius 1 is 1.27 bits per heavy atom. The highest BCUT2D eigenvalue weighted by atomic mass is 79.9. The second-order valence-electron chi connectivity index (χ2n) is 4.40. The second kappa shape index (κ2) is 6.29. The van der Waals surface area contributed by atoms with Gasteiger partial charge in [-0.15, -0.1) is 0 Å². The zero-order valence-corrected chi connectivity index (χ0v) is 13.4. The van der Waals surface area contributed by atoms with E-state index in [0.717, 1.165) is 10.0 Å². The minimum atomic E-state index is -0.400. The smallest absolute Gasteiger partial charge is 0.277 e. The van der Waals surface area contributed by atoms with Crippen molar-refractivity contribution in [3.05, 3.63) is 64.0 Å². The summed E-state index contributed by atoms with van der Waals surface area (Å²) in [6.07, 6.45) is 3.29. The summed E-state index contributed by atoms with van der Waals surface area (Å²) in [5, 5.41) is 6.89. The van der Waals surface area contributed by atoms with Crippen LogP contribution in [0.25, 0.3) is 11.3 Å². The fraction of sp³-hybridized carbons (Fsp3) is 0. The van der Waals surface area contributed by atoms with E-state index in [-0.39, 0.29) is 5.69 Å². The maximum atomic E-state index is 12.2. The Bertz CT molecular complexity index is 821. The highest BCUT2D eigenvalue weighted by Gasteiger charge is 2.15. The lowest BCUT2D eigenvalue weighted by Gasteiger charge is -2.05. The third-order valence-corrected chi connectivity index (χ3v) is 3.67. The van der Waals surface area contributed by atoms with Crippen LogP contribution in [0.15, 0.2) is 57.8 Å². The van der Waals surface area contributed by atoms with Crippen molar-refractivity contribution in [2.24, 2.45) is 0 Å². The molecule has 1 N–H and O–H groups in total. The lowest BCUT2D eigenvalue weighted by molar-refractivity contribution is 0.101. The molecule has 3 aromatic rings. The topological polar surface area (TPSA) is 68.0 Å². The molecule has 1 amide bonds. The Balaban J connectivity index is 1.80. The van der Waals surface area contributed by atoms with Crippen molar-refractivity contribution >= 4 is 39.1 Å². The quantitative estimate of drug-likeness (QED) is 0.733. The van der Waals surface area contributed by atoms with Crippen LogP contribution < -0.4 is 5.32 Å². The largest absolute Gasteiger partial charge is 0.355 e. The Kier molecular flexibility index (Phi) is 4.22. The molecule has 22 heavy (non-hydrogen) atoms. The van der Waals surface area contributed by atoms with Crippen molar-refractivity contribution in [1.82, 2.24) is 10.1 Å². The molecule has 0 saturated carbocycles. The molecule has 0 aliphatic heterocycles. The first kappa shape index (κ1) is 14.7. The second-order valence-corrected chi connectivity index (χ2v) is 5.72. The minimum absolute atomic E-state index is 0.165. The van der Waals surface area contributed by atoms with Crippen LogP contribution in [0.4, 0.5) is 5.69 Å². The highest BCUT2D eigenvalue weighted by Crippen LogP contribution is 2.26.